The fourth-order valence-electron chi connectivity index (χ4n) is 3.66. The van der Waals surface area contributed by atoms with Crippen molar-refractivity contribution in [3.63, 3.8) is 0 Å². The van der Waals surface area contributed by atoms with Crippen molar-refractivity contribution in [3.05, 3.63) is 12.7 Å². The third-order valence-electron chi connectivity index (χ3n) is 4.90. The van der Waals surface area contributed by atoms with Gasteiger partial charge in [0.1, 0.15) is 29.7 Å². The first-order chi connectivity index (χ1) is 11.0. The van der Waals surface area contributed by atoms with Crippen molar-refractivity contribution in [1.82, 2.24) is 19.5 Å². The number of nitrogens with two attached hydrogens (primary N) is 1. The van der Waals surface area contributed by atoms with Crippen LogP contribution in [0.2, 0.25) is 0 Å². The van der Waals surface area contributed by atoms with Crippen molar-refractivity contribution in [2.45, 2.75) is 55.8 Å². The Morgan fingerprint density at radius 3 is 2.91 bits per heavy atom. The van der Waals surface area contributed by atoms with Crippen LogP contribution in [0.1, 0.15) is 31.9 Å². The van der Waals surface area contributed by atoms with E-state index in [0.717, 1.165) is 12.8 Å². The van der Waals surface area contributed by atoms with Crippen molar-refractivity contribution in [2.75, 3.05) is 5.73 Å². The first-order valence-corrected chi connectivity index (χ1v) is 7.69. The molecule has 1 saturated heterocycles. The summed E-state index contributed by atoms with van der Waals surface area (Å²) in [6.07, 6.45) is 1.41. The Morgan fingerprint density at radius 1 is 1.26 bits per heavy atom. The van der Waals surface area contributed by atoms with Crippen LogP contribution < -0.4 is 5.73 Å². The molecule has 2 aromatic heterocycles. The molecule has 23 heavy (non-hydrogen) atoms. The van der Waals surface area contributed by atoms with Crippen molar-refractivity contribution >= 4 is 17.0 Å². The molecule has 3 heterocycles. The summed E-state index contributed by atoms with van der Waals surface area (Å²) in [4.78, 5) is 12.2. The molecule has 0 amide bonds. The van der Waals surface area contributed by atoms with Crippen molar-refractivity contribution in [2.24, 2.45) is 0 Å². The fraction of sp³-hybridized carbons (Fsp3) is 0.643. The summed E-state index contributed by atoms with van der Waals surface area (Å²) in [5, 5.41) is 31.8. The van der Waals surface area contributed by atoms with Crippen molar-refractivity contribution in [3.8, 4) is 0 Å². The molecule has 1 aliphatic heterocycles. The smallest absolute Gasteiger partial charge is 0.167 e. The molecule has 0 aromatic carbocycles. The van der Waals surface area contributed by atoms with E-state index in [0.29, 0.717) is 24.0 Å². The third kappa shape index (κ3) is 2.04. The highest BCUT2D eigenvalue weighted by atomic mass is 16.6. The van der Waals surface area contributed by atoms with Gasteiger partial charge in [-0.1, -0.05) is 12.8 Å². The Labute approximate surface area is 131 Å². The number of hydrogen-bond donors (Lipinski definition) is 4. The van der Waals surface area contributed by atoms with Gasteiger partial charge < -0.3 is 25.8 Å². The number of rotatable bonds is 1. The number of anilines is 1. The molecule has 1 unspecified atom stereocenters. The molecule has 1 aliphatic carbocycles. The maximum atomic E-state index is 10.9. The Morgan fingerprint density at radius 2 is 2.09 bits per heavy atom. The third-order valence-corrected chi connectivity index (χ3v) is 4.90. The van der Waals surface area contributed by atoms with E-state index >= 15 is 0 Å². The molecule has 9 nitrogen and oxygen atoms in total. The second-order valence-electron chi connectivity index (χ2n) is 6.28. The van der Waals surface area contributed by atoms with Crippen LogP contribution in [0.3, 0.4) is 0 Å². The molecule has 0 spiro atoms. The number of aliphatic hydroxyl groups is 3. The topological polar surface area (TPSA) is 140 Å². The van der Waals surface area contributed by atoms with Crippen LogP contribution in [0.5, 0.6) is 0 Å². The quantitative estimate of drug-likeness (QED) is 0.542. The number of imidazole rings is 1. The van der Waals surface area contributed by atoms with E-state index in [2.05, 4.69) is 15.0 Å². The summed E-state index contributed by atoms with van der Waals surface area (Å²) >= 11 is 0. The molecule has 2 aromatic rings. The highest BCUT2D eigenvalue weighted by molar-refractivity contribution is 5.81. The van der Waals surface area contributed by atoms with Crippen molar-refractivity contribution < 1.29 is 20.1 Å². The van der Waals surface area contributed by atoms with Crippen LogP contribution in [0.4, 0.5) is 5.82 Å². The monoisotopic (exact) mass is 321 g/mol. The number of hydrogen-bond acceptors (Lipinski definition) is 8. The van der Waals surface area contributed by atoms with Gasteiger partial charge in [-0.3, -0.25) is 4.57 Å². The summed E-state index contributed by atoms with van der Waals surface area (Å²) in [6, 6.07) is 0. The zero-order valence-electron chi connectivity index (χ0n) is 12.4. The first kappa shape index (κ1) is 14.8. The number of nitrogens with zero attached hydrogens (tertiary/aromatic N) is 4. The number of ether oxygens (including phenoxy) is 1. The summed E-state index contributed by atoms with van der Waals surface area (Å²) in [5.74, 6) is 0.231. The van der Waals surface area contributed by atoms with Gasteiger partial charge in [0, 0.05) is 0 Å². The standard InChI is InChI=1S/C14H19N5O4/c15-11-8-12(17-5-16-11)19(6-18-8)13-9(21)14(22)4-2-1-3-7(20)10(14)23-13/h5-7,9-10,13,20-22H,1-4H2,(H2,15,16,17)/t7?,9-,10+,13+,14-/m0/s1. The summed E-state index contributed by atoms with van der Waals surface area (Å²) in [7, 11) is 0. The van der Waals surface area contributed by atoms with Crippen LogP contribution in [0, 0.1) is 0 Å². The van der Waals surface area contributed by atoms with Gasteiger partial charge in [-0.25, -0.2) is 15.0 Å². The predicted octanol–water partition coefficient (Wildman–Crippen LogP) is -0.667. The molecule has 2 aliphatic rings. The second kappa shape index (κ2) is 5.10. The van der Waals surface area contributed by atoms with Gasteiger partial charge in [-0.15, -0.1) is 0 Å². The summed E-state index contributed by atoms with van der Waals surface area (Å²) in [6.45, 7) is 0. The second-order valence-corrected chi connectivity index (χ2v) is 6.28. The maximum absolute atomic E-state index is 10.9. The lowest BCUT2D eigenvalue weighted by molar-refractivity contribution is -0.119. The minimum Gasteiger partial charge on any atom is -0.390 e. The molecule has 4 rings (SSSR count). The van der Waals surface area contributed by atoms with E-state index < -0.39 is 30.1 Å². The Bertz CT molecular complexity index is 737. The lowest BCUT2D eigenvalue weighted by Gasteiger charge is -2.30. The maximum Gasteiger partial charge on any atom is 0.167 e. The van der Waals surface area contributed by atoms with E-state index in [4.69, 9.17) is 10.5 Å². The number of aliphatic hydroxyl groups excluding tert-OH is 2. The highest BCUT2D eigenvalue weighted by Gasteiger charge is 2.58. The fourth-order valence-corrected chi connectivity index (χ4v) is 3.66. The molecule has 124 valence electrons. The highest BCUT2D eigenvalue weighted by Crippen LogP contribution is 2.44. The van der Waals surface area contributed by atoms with Crippen LogP contribution in [-0.4, -0.2) is 58.8 Å². The molecule has 0 radical (unpaired) electrons. The van der Waals surface area contributed by atoms with Gasteiger partial charge in [-0.05, 0) is 12.8 Å². The van der Waals surface area contributed by atoms with Crippen LogP contribution >= 0.6 is 0 Å². The van der Waals surface area contributed by atoms with E-state index in [9.17, 15) is 15.3 Å². The van der Waals surface area contributed by atoms with Crippen LogP contribution in [-0.2, 0) is 4.74 Å². The minimum atomic E-state index is -1.49. The molecular weight excluding hydrogens is 302 g/mol. The molecular formula is C14H19N5O4. The number of fused-ring (bicyclic) bond motifs is 2. The number of nitrogen functional groups attached to an aromatic ring is 1. The average molecular weight is 321 g/mol. The Hall–Kier alpha value is -1.81. The van der Waals surface area contributed by atoms with Gasteiger partial charge >= 0.3 is 0 Å². The zero-order valence-corrected chi connectivity index (χ0v) is 12.4. The average Bonchev–Trinajstić information content (AvgIpc) is 3.01. The Kier molecular flexibility index (Phi) is 3.27. The SMILES string of the molecule is Nc1ncnc2c1ncn2[C@@H]1O[C@@H]2C(O)CCCC[C@]2(O)[C@H]1O. The van der Waals surface area contributed by atoms with Crippen LogP contribution in [0.25, 0.3) is 11.2 Å². The first-order valence-electron chi connectivity index (χ1n) is 7.69. The lowest BCUT2D eigenvalue weighted by atomic mass is 9.87. The predicted molar refractivity (Wildman–Crippen MR) is 79.1 cm³/mol. The normalized spacial score (nSPS) is 37.7. The van der Waals surface area contributed by atoms with E-state index in [1.54, 1.807) is 0 Å². The van der Waals surface area contributed by atoms with Gasteiger partial charge in [-0.2, -0.15) is 0 Å². The molecule has 0 bridgehead atoms. The zero-order chi connectivity index (χ0) is 16.2. The molecule has 1 saturated carbocycles. The number of aromatic nitrogens is 4. The molecule has 5 N–H and O–H groups in total. The van der Waals surface area contributed by atoms with E-state index in [-0.39, 0.29) is 5.82 Å². The van der Waals surface area contributed by atoms with Gasteiger partial charge in [0.2, 0.25) is 0 Å². The lowest BCUT2D eigenvalue weighted by Crippen LogP contribution is -2.51. The van der Waals surface area contributed by atoms with E-state index in [1.807, 2.05) is 0 Å². The van der Waals surface area contributed by atoms with Crippen LogP contribution in [0.15, 0.2) is 12.7 Å². The molecule has 9 heteroatoms. The molecule has 2 fully saturated rings. The van der Waals surface area contributed by atoms with Gasteiger partial charge in [0.25, 0.3) is 0 Å². The largest absolute Gasteiger partial charge is 0.390 e. The van der Waals surface area contributed by atoms with Crippen molar-refractivity contribution in [1.29, 1.82) is 0 Å². The van der Waals surface area contributed by atoms with E-state index in [1.165, 1.54) is 17.2 Å². The Balaban J connectivity index is 1.76. The summed E-state index contributed by atoms with van der Waals surface area (Å²) in [5.41, 5.74) is 5.10. The molecule has 5 atom stereocenters. The van der Waals surface area contributed by atoms with Gasteiger partial charge in [0.05, 0.1) is 12.4 Å². The minimum absolute atomic E-state index is 0.231. The van der Waals surface area contributed by atoms with Gasteiger partial charge in [0.15, 0.2) is 17.7 Å². The summed E-state index contributed by atoms with van der Waals surface area (Å²) < 4.78 is 7.36.